The number of hydrogen-bond donors (Lipinski definition) is 1. The van der Waals surface area contributed by atoms with Crippen LogP contribution in [0.25, 0.3) is 0 Å². The molecule has 0 aromatic heterocycles. The molecule has 3 rings (SSSR count). The molecule has 0 atom stereocenters. The van der Waals surface area contributed by atoms with Gasteiger partial charge in [0.25, 0.3) is 0 Å². The first-order valence-corrected chi connectivity index (χ1v) is 6.91. The van der Waals surface area contributed by atoms with E-state index in [1.54, 1.807) is 0 Å². The van der Waals surface area contributed by atoms with E-state index in [2.05, 4.69) is 34.5 Å². The van der Waals surface area contributed by atoms with Gasteiger partial charge < -0.3 is 10.2 Å². The Labute approximate surface area is 108 Å². The third kappa shape index (κ3) is 2.27. The molecule has 0 amide bonds. The molecule has 1 fully saturated rings. The number of hydrogen-bond acceptors (Lipinski definition) is 3. The summed E-state index contributed by atoms with van der Waals surface area (Å²) in [5.74, 6) is 0.701. The van der Waals surface area contributed by atoms with Crippen molar-refractivity contribution in [2.45, 2.75) is 19.3 Å². The highest BCUT2D eigenvalue weighted by atomic mass is 16.1. The number of ketones is 1. The Morgan fingerprint density at radius 1 is 1.28 bits per heavy atom. The molecule has 2 aliphatic rings. The van der Waals surface area contributed by atoms with Crippen LogP contribution in [0.1, 0.15) is 18.4 Å². The second kappa shape index (κ2) is 5.11. The van der Waals surface area contributed by atoms with E-state index in [0.717, 1.165) is 38.9 Å². The minimum Gasteiger partial charge on any atom is -0.364 e. The Kier molecular flexibility index (Phi) is 3.33. The molecule has 1 N–H and O–H groups in total. The predicted octanol–water partition coefficient (Wildman–Crippen LogP) is 1.62. The van der Waals surface area contributed by atoms with Crippen molar-refractivity contribution in [1.29, 1.82) is 0 Å². The van der Waals surface area contributed by atoms with Crippen molar-refractivity contribution < 1.29 is 4.79 Å². The van der Waals surface area contributed by atoms with E-state index in [1.807, 2.05) is 0 Å². The number of nitrogens with zero attached hydrogens (tertiary/aromatic N) is 1. The van der Waals surface area contributed by atoms with Crippen LogP contribution in [0.2, 0.25) is 0 Å². The summed E-state index contributed by atoms with van der Waals surface area (Å²) in [6.45, 7) is 3.58. The van der Waals surface area contributed by atoms with Crippen molar-refractivity contribution in [1.82, 2.24) is 5.32 Å². The van der Waals surface area contributed by atoms with Crippen LogP contribution in [0.15, 0.2) is 24.3 Å². The summed E-state index contributed by atoms with van der Waals surface area (Å²) < 4.78 is 0. The van der Waals surface area contributed by atoms with Gasteiger partial charge in [0.15, 0.2) is 5.78 Å². The van der Waals surface area contributed by atoms with Gasteiger partial charge in [-0.1, -0.05) is 18.2 Å². The predicted molar refractivity (Wildman–Crippen MR) is 73.0 cm³/mol. The van der Waals surface area contributed by atoms with E-state index < -0.39 is 0 Å². The molecule has 1 saturated heterocycles. The normalized spacial score (nSPS) is 19.9. The van der Waals surface area contributed by atoms with Crippen LogP contribution in [0.5, 0.6) is 0 Å². The van der Waals surface area contributed by atoms with Gasteiger partial charge in [0, 0.05) is 18.2 Å². The van der Waals surface area contributed by atoms with E-state index >= 15 is 0 Å². The van der Waals surface area contributed by atoms with Crippen molar-refractivity contribution in [3.8, 4) is 0 Å². The summed E-state index contributed by atoms with van der Waals surface area (Å²) in [5, 5.41) is 3.31. The minimum absolute atomic E-state index is 0.277. The van der Waals surface area contributed by atoms with Gasteiger partial charge in [-0.05, 0) is 44.0 Å². The molecule has 0 spiro atoms. The molecule has 0 radical (unpaired) electrons. The number of fused-ring (bicyclic) bond motifs is 1. The number of anilines is 1. The second-order valence-electron chi connectivity index (χ2n) is 5.29. The fourth-order valence-corrected chi connectivity index (χ4v) is 3.03. The number of nitrogens with one attached hydrogen (secondary N) is 1. The summed E-state index contributed by atoms with van der Waals surface area (Å²) in [6.07, 6.45) is 3.10. The maximum absolute atomic E-state index is 12.3. The number of carbonyl (C=O) groups is 1. The number of Topliss-reactive ketones (excluding diaryl/α,β-unsaturated/α-hetero) is 1. The van der Waals surface area contributed by atoms with Crippen LogP contribution < -0.4 is 10.2 Å². The fraction of sp³-hybridized carbons (Fsp3) is 0.533. The summed E-state index contributed by atoms with van der Waals surface area (Å²) in [5.41, 5.74) is 2.65. The molecule has 3 heteroatoms. The van der Waals surface area contributed by atoms with Crippen molar-refractivity contribution in [2.75, 3.05) is 31.1 Å². The lowest BCUT2D eigenvalue weighted by Gasteiger charge is -2.25. The van der Waals surface area contributed by atoms with Crippen LogP contribution in [0, 0.1) is 5.92 Å². The molecule has 2 heterocycles. The lowest BCUT2D eigenvalue weighted by Crippen LogP contribution is -2.37. The smallest absolute Gasteiger partial charge is 0.155 e. The molecule has 0 saturated carbocycles. The molecule has 18 heavy (non-hydrogen) atoms. The van der Waals surface area contributed by atoms with Crippen molar-refractivity contribution in [3.63, 3.8) is 0 Å². The molecule has 2 aliphatic heterocycles. The van der Waals surface area contributed by atoms with Gasteiger partial charge in [-0.2, -0.15) is 0 Å². The Hall–Kier alpha value is -1.35. The fourth-order valence-electron chi connectivity index (χ4n) is 3.03. The third-order valence-corrected chi connectivity index (χ3v) is 4.12. The Balaban J connectivity index is 1.65. The summed E-state index contributed by atoms with van der Waals surface area (Å²) in [7, 11) is 0. The number of carbonyl (C=O) groups excluding carboxylic acids is 1. The largest absolute Gasteiger partial charge is 0.364 e. The topological polar surface area (TPSA) is 32.3 Å². The second-order valence-corrected chi connectivity index (χ2v) is 5.29. The lowest BCUT2D eigenvalue weighted by molar-refractivity contribution is -0.122. The zero-order chi connectivity index (χ0) is 12.4. The van der Waals surface area contributed by atoms with Gasteiger partial charge in [-0.25, -0.2) is 0 Å². The first-order valence-electron chi connectivity index (χ1n) is 6.91. The quantitative estimate of drug-likeness (QED) is 0.877. The summed E-state index contributed by atoms with van der Waals surface area (Å²) in [6, 6.07) is 8.45. The molecule has 1 aromatic carbocycles. The summed E-state index contributed by atoms with van der Waals surface area (Å²) >= 11 is 0. The zero-order valence-electron chi connectivity index (χ0n) is 10.7. The average molecular weight is 244 g/mol. The van der Waals surface area contributed by atoms with Crippen LogP contribution in [0.4, 0.5) is 5.69 Å². The van der Waals surface area contributed by atoms with Crippen LogP contribution in [-0.4, -0.2) is 32.0 Å². The van der Waals surface area contributed by atoms with Crippen molar-refractivity contribution in [3.05, 3.63) is 29.8 Å². The zero-order valence-corrected chi connectivity index (χ0v) is 10.7. The Bertz CT molecular complexity index is 438. The summed E-state index contributed by atoms with van der Waals surface area (Å²) in [4.78, 5) is 14.5. The van der Waals surface area contributed by atoms with E-state index in [0.29, 0.717) is 12.3 Å². The van der Waals surface area contributed by atoms with Gasteiger partial charge in [0.1, 0.15) is 0 Å². The molecular weight excluding hydrogens is 224 g/mol. The van der Waals surface area contributed by atoms with Gasteiger partial charge in [0.05, 0.1) is 6.54 Å². The Morgan fingerprint density at radius 3 is 2.89 bits per heavy atom. The van der Waals surface area contributed by atoms with E-state index in [4.69, 9.17) is 0 Å². The highest BCUT2D eigenvalue weighted by Crippen LogP contribution is 2.27. The highest BCUT2D eigenvalue weighted by molar-refractivity contribution is 5.86. The number of piperidine rings is 1. The highest BCUT2D eigenvalue weighted by Gasteiger charge is 2.25. The molecule has 1 aromatic rings. The maximum Gasteiger partial charge on any atom is 0.155 e. The van der Waals surface area contributed by atoms with E-state index in [1.165, 1.54) is 11.3 Å². The van der Waals surface area contributed by atoms with Gasteiger partial charge in [0.2, 0.25) is 0 Å². The van der Waals surface area contributed by atoms with Crippen molar-refractivity contribution in [2.24, 2.45) is 5.92 Å². The molecule has 0 aliphatic carbocycles. The molecule has 0 unspecified atom stereocenters. The standard InChI is InChI=1S/C15H20N2O/c18-15(13-5-8-16-9-6-13)11-17-10-7-12-3-1-2-4-14(12)17/h1-4,13,16H,5-11H2. The van der Waals surface area contributed by atoms with Gasteiger partial charge in [-0.3, -0.25) is 4.79 Å². The minimum atomic E-state index is 0.277. The third-order valence-electron chi connectivity index (χ3n) is 4.12. The van der Waals surface area contributed by atoms with Crippen molar-refractivity contribution >= 4 is 11.5 Å². The number of rotatable bonds is 3. The average Bonchev–Trinajstić information content (AvgIpc) is 2.83. The van der Waals surface area contributed by atoms with E-state index in [-0.39, 0.29) is 5.92 Å². The SMILES string of the molecule is O=C(CN1CCc2ccccc21)C1CCNCC1. The van der Waals surface area contributed by atoms with Gasteiger partial charge >= 0.3 is 0 Å². The molecular formula is C15H20N2O. The maximum atomic E-state index is 12.3. The number of para-hydroxylation sites is 1. The molecule has 0 bridgehead atoms. The molecule has 96 valence electrons. The van der Waals surface area contributed by atoms with Crippen LogP contribution >= 0.6 is 0 Å². The lowest BCUT2D eigenvalue weighted by atomic mass is 9.93. The van der Waals surface area contributed by atoms with Gasteiger partial charge in [-0.15, -0.1) is 0 Å². The molecule has 3 nitrogen and oxygen atoms in total. The monoisotopic (exact) mass is 244 g/mol. The van der Waals surface area contributed by atoms with Crippen LogP contribution in [0.3, 0.4) is 0 Å². The first kappa shape index (κ1) is 11.7. The van der Waals surface area contributed by atoms with Crippen LogP contribution in [-0.2, 0) is 11.2 Å². The number of benzene rings is 1. The van der Waals surface area contributed by atoms with E-state index in [9.17, 15) is 4.79 Å². The Morgan fingerprint density at radius 2 is 2.06 bits per heavy atom. The first-order chi connectivity index (χ1) is 8.84.